The van der Waals surface area contributed by atoms with Crippen LogP contribution in [-0.4, -0.2) is 12.4 Å². The lowest BCUT2D eigenvalue weighted by Gasteiger charge is -2.18. The number of amidine groups is 1. The molecule has 116 valence electrons. The average Bonchev–Trinajstić information content (AvgIpc) is 2.53. The smallest absolute Gasteiger partial charge is 0.145 e. The minimum Gasteiger partial charge on any atom is -0.455 e. The number of aryl methyl sites for hydroxylation is 1. The van der Waals surface area contributed by atoms with E-state index >= 15 is 0 Å². The number of benzene rings is 2. The average molecular weight is 361 g/mol. The molecule has 0 saturated carbocycles. The number of nitrogens with two attached hydrogens (primary N) is 1. The molecule has 22 heavy (non-hydrogen) atoms. The number of hydrogen-bond acceptors (Lipinski definition) is 2. The van der Waals surface area contributed by atoms with Gasteiger partial charge in [0.25, 0.3) is 0 Å². The second kappa shape index (κ2) is 7.99. The summed E-state index contributed by atoms with van der Waals surface area (Å²) < 4.78 is 6.19. The number of ether oxygens (including phenoxy) is 1. The molecule has 0 spiro atoms. The Labute approximate surface area is 140 Å². The molecule has 0 saturated heterocycles. The zero-order chi connectivity index (χ0) is 15.9. The van der Waals surface area contributed by atoms with E-state index in [1.54, 1.807) is 0 Å². The number of aliphatic imine (C=N–C) groups is 1. The van der Waals surface area contributed by atoms with Gasteiger partial charge in [-0.25, -0.2) is 0 Å². The van der Waals surface area contributed by atoms with Gasteiger partial charge in [0.15, 0.2) is 0 Å². The van der Waals surface area contributed by atoms with Gasteiger partial charge in [-0.15, -0.1) is 0 Å². The van der Waals surface area contributed by atoms with Gasteiger partial charge in [-0.3, -0.25) is 4.99 Å². The van der Waals surface area contributed by atoms with E-state index in [1.165, 1.54) is 11.1 Å². The molecular weight excluding hydrogens is 340 g/mol. The van der Waals surface area contributed by atoms with Crippen LogP contribution >= 0.6 is 15.9 Å². The summed E-state index contributed by atoms with van der Waals surface area (Å²) in [6.45, 7) is 5.02. The molecule has 2 aliphatic rings. The molecule has 4 heteroatoms. The van der Waals surface area contributed by atoms with E-state index in [1.807, 2.05) is 18.2 Å². The quantitative estimate of drug-likeness (QED) is 0.533. The van der Waals surface area contributed by atoms with Crippen molar-refractivity contribution in [1.29, 1.82) is 0 Å². The molecule has 2 bridgehead atoms. The van der Waals surface area contributed by atoms with Crippen molar-refractivity contribution in [3.8, 4) is 11.5 Å². The van der Waals surface area contributed by atoms with Crippen LogP contribution in [0, 0.1) is 6.92 Å². The van der Waals surface area contributed by atoms with E-state index in [4.69, 9.17) is 10.5 Å². The minimum atomic E-state index is 0.734. The number of halogens is 1. The number of rotatable bonds is 4. The van der Waals surface area contributed by atoms with Crippen LogP contribution in [-0.2, 0) is 6.42 Å². The van der Waals surface area contributed by atoms with Crippen molar-refractivity contribution in [1.82, 2.24) is 0 Å². The molecule has 2 heterocycles. The maximum atomic E-state index is 5.79. The number of fused-ring (bicyclic) bond motifs is 2. The van der Waals surface area contributed by atoms with Crippen LogP contribution in [0.5, 0.6) is 11.5 Å². The van der Waals surface area contributed by atoms with Crippen LogP contribution in [0.25, 0.3) is 0 Å². The van der Waals surface area contributed by atoms with E-state index in [2.05, 4.69) is 59.0 Å². The summed E-state index contributed by atoms with van der Waals surface area (Å²) in [7, 11) is 0. The second-order valence-corrected chi connectivity index (χ2v) is 6.00. The predicted octanol–water partition coefficient (Wildman–Crippen LogP) is 4.86. The molecule has 0 atom stereocenters. The third-order valence-corrected chi connectivity index (χ3v) is 3.94. The first kappa shape index (κ1) is 16.6. The molecular formula is C18H21BrN2O. The van der Waals surface area contributed by atoms with Crippen molar-refractivity contribution in [3.05, 3.63) is 58.1 Å². The topological polar surface area (TPSA) is 47.6 Å². The van der Waals surface area contributed by atoms with Gasteiger partial charge >= 0.3 is 0 Å². The van der Waals surface area contributed by atoms with Crippen LogP contribution in [0.15, 0.2) is 51.9 Å². The summed E-state index contributed by atoms with van der Waals surface area (Å²) >= 11 is 3.34. The third kappa shape index (κ3) is 4.60. The SMILES string of the molecule is Brc1c2cccc1O2.CCCN=C(N)Cc1cccc(C)c1. The number of nitrogens with zero attached hydrogens (tertiary/aromatic N) is 1. The fourth-order valence-corrected chi connectivity index (χ4v) is 2.49. The van der Waals surface area contributed by atoms with Crippen LogP contribution in [0.4, 0.5) is 0 Å². The van der Waals surface area contributed by atoms with Gasteiger partial charge in [-0.1, -0.05) is 42.8 Å². The largest absolute Gasteiger partial charge is 0.455 e. The summed E-state index contributed by atoms with van der Waals surface area (Å²) in [5.74, 6) is 2.63. The molecule has 0 fully saturated rings. The molecule has 0 amide bonds. The maximum Gasteiger partial charge on any atom is 0.145 e. The van der Waals surface area contributed by atoms with E-state index < -0.39 is 0 Å². The van der Waals surface area contributed by atoms with Crippen molar-refractivity contribution in [2.24, 2.45) is 10.7 Å². The molecule has 4 rings (SSSR count). The first-order valence-corrected chi connectivity index (χ1v) is 8.20. The summed E-state index contributed by atoms with van der Waals surface area (Å²) in [6, 6.07) is 14.2. The van der Waals surface area contributed by atoms with E-state index in [-0.39, 0.29) is 0 Å². The molecule has 2 aliphatic heterocycles. The Morgan fingerprint density at radius 2 is 1.86 bits per heavy atom. The Bertz CT molecular complexity index is 648. The highest BCUT2D eigenvalue weighted by Gasteiger charge is 2.17. The van der Waals surface area contributed by atoms with Gasteiger partial charge in [0.05, 0.1) is 5.84 Å². The fourth-order valence-electron chi connectivity index (χ4n) is 2.06. The molecule has 2 aromatic rings. The standard InChI is InChI=1S/C12H18N2.C6H3BrO/c1-3-7-14-12(13)9-11-6-4-5-10(2)8-11;7-6-4-2-1-3-5(6)8-4/h4-6,8H,3,7,9H2,1-2H3,(H2,13,14);1-3H. The van der Waals surface area contributed by atoms with Crippen molar-refractivity contribution >= 4 is 21.8 Å². The lowest BCUT2D eigenvalue weighted by Crippen LogP contribution is -2.15. The van der Waals surface area contributed by atoms with Gasteiger partial charge in [0, 0.05) is 13.0 Å². The maximum absolute atomic E-state index is 5.79. The third-order valence-electron chi connectivity index (χ3n) is 3.15. The zero-order valence-electron chi connectivity index (χ0n) is 13.0. The van der Waals surface area contributed by atoms with Gasteiger partial charge in [-0.2, -0.15) is 0 Å². The van der Waals surface area contributed by atoms with Crippen LogP contribution in [0.2, 0.25) is 0 Å². The minimum absolute atomic E-state index is 0.734. The highest BCUT2D eigenvalue weighted by Crippen LogP contribution is 2.45. The first-order chi connectivity index (χ1) is 10.6. The first-order valence-electron chi connectivity index (χ1n) is 7.41. The van der Waals surface area contributed by atoms with Gasteiger partial charge < -0.3 is 10.5 Å². The Hall–Kier alpha value is -1.81. The van der Waals surface area contributed by atoms with Gasteiger partial charge in [0.2, 0.25) is 0 Å². The van der Waals surface area contributed by atoms with Gasteiger partial charge in [-0.05, 0) is 47.0 Å². The summed E-state index contributed by atoms with van der Waals surface area (Å²) in [5, 5.41) is 0. The Morgan fingerprint density at radius 3 is 2.36 bits per heavy atom. The molecule has 3 nitrogen and oxygen atoms in total. The lowest BCUT2D eigenvalue weighted by molar-refractivity contribution is 0.428. The van der Waals surface area contributed by atoms with Crippen molar-refractivity contribution in [2.75, 3.05) is 6.54 Å². The molecule has 0 unspecified atom stereocenters. The molecule has 0 aliphatic carbocycles. The Morgan fingerprint density at radius 1 is 1.18 bits per heavy atom. The zero-order valence-corrected chi connectivity index (χ0v) is 14.6. The summed E-state index contributed by atoms with van der Waals surface area (Å²) in [4.78, 5) is 4.26. The Kier molecular flexibility index (Phi) is 6.01. The van der Waals surface area contributed by atoms with Crippen molar-refractivity contribution in [3.63, 3.8) is 0 Å². The van der Waals surface area contributed by atoms with Crippen molar-refractivity contribution < 1.29 is 4.74 Å². The van der Waals surface area contributed by atoms with Crippen LogP contribution in [0.1, 0.15) is 24.5 Å². The summed E-state index contributed by atoms with van der Waals surface area (Å²) in [6.07, 6.45) is 1.82. The highest BCUT2D eigenvalue weighted by molar-refractivity contribution is 9.10. The highest BCUT2D eigenvalue weighted by atomic mass is 79.9. The fraction of sp³-hybridized carbons (Fsp3) is 0.278. The van der Waals surface area contributed by atoms with E-state index in [0.29, 0.717) is 0 Å². The Balaban J connectivity index is 0.000000183. The van der Waals surface area contributed by atoms with E-state index in [0.717, 1.165) is 41.2 Å². The molecule has 0 radical (unpaired) electrons. The molecule has 2 aromatic carbocycles. The second-order valence-electron chi connectivity index (χ2n) is 5.21. The normalized spacial score (nSPS) is 11.9. The lowest BCUT2D eigenvalue weighted by atomic mass is 10.1. The molecule has 2 N–H and O–H groups in total. The molecule has 0 aromatic heterocycles. The van der Waals surface area contributed by atoms with Crippen LogP contribution in [0.3, 0.4) is 0 Å². The van der Waals surface area contributed by atoms with Gasteiger partial charge in [0.1, 0.15) is 16.0 Å². The summed E-state index contributed by atoms with van der Waals surface area (Å²) in [5.41, 5.74) is 8.30. The number of hydrogen-bond donors (Lipinski definition) is 1. The predicted molar refractivity (Wildman–Crippen MR) is 95.9 cm³/mol. The van der Waals surface area contributed by atoms with Crippen LogP contribution < -0.4 is 10.5 Å². The van der Waals surface area contributed by atoms with E-state index in [9.17, 15) is 0 Å². The monoisotopic (exact) mass is 360 g/mol. The van der Waals surface area contributed by atoms with Crippen molar-refractivity contribution in [2.45, 2.75) is 26.7 Å².